The molecule has 486 valence electrons. The van der Waals surface area contributed by atoms with Gasteiger partial charge in [0.05, 0.1) is 70.8 Å². The van der Waals surface area contributed by atoms with Gasteiger partial charge in [0.2, 0.25) is 35.4 Å². The van der Waals surface area contributed by atoms with Crippen molar-refractivity contribution in [2.45, 2.75) is 130 Å². The average Bonchev–Trinajstić information content (AvgIpc) is 1.56. The molecule has 4 aliphatic heterocycles. The van der Waals surface area contributed by atoms with E-state index in [1.165, 1.54) is 25.7 Å². The molecule has 10 aliphatic rings. The molecular formula is C68H77N13O12. The van der Waals surface area contributed by atoms with Gasteiger partial charge in [-0.3, -0.25) is 43.6 Å². The van der Waals surface area contributed by atoms with Crippen LogP contribution in [0.25, 0.3) is 21.8 Å². The molecule has 93 heavy (non-hydrogen) atoms. The molecule has 8 atom stereocenters. The van der Waals surface area contributed by atoms with Crippen LogP contribution in [0.5, 0.6) is 23.0 Å². The van der Waals surface area contributed by atoms with Gasteiger partial charge in [-0.25, -0.2) is 0 Å². The molecule has 25 heteroatoms. The molecule has 0 unspecified atom stereocenters. The average molecular weight is 1270 g/mol. The van der Waals surface area contributed by atoms with E-state index < -0.39 is 89.3 Å². The molecule has 4 bridgehead atoms. The molecule has 4 aromatic carbocycles. The number of piperidine rings is 2. The standard InChI is InChI=1S/C68H77N13O12/c69-64(76-38-11-12-39-41-26-67(90)47-23-36-9-13-45(82)60-55(36)65(67,17-21-80(47)32-34-5-6-34)62(92-60)58(41)78-44(39)25-38)71-20-2-19-70-51(86)28-74-52(87)29-72-49(84)15-16-50(85)73-30-53(88)75-31-54(89)77-43-4-1-3-40-42-27-68(91)48-24-37-10-14-46(83)61-56(37)66(68,18-22-81(48)33-35-7-8-35)63(93-61)59(42)79-57(40)43/h1,3-4,9-14,25,34-35,47-48,62-63,78-79,82-83,90-91H,2,5-8,15-24,26-33H2,(H,70,86)(H,72,84)(H,73,85)(H,74,87)(H,75,88)(H,77,89)(H3,69,71,76)/t47-,48-,62+,63+,65+,66+,67-,68-/m1/s1. The molecule has 2 saturated carbocycles. The summed E-state index contributed by atoms with van der Waals surface area (Å²) < 4.78 is 13.5. The number of aromatic hydroxyl groups is 2. The minimum Gasteiger partial charge on any atom is -0.504 e. The van der Waals surface area contributed by atoms with Crippen molar-refractivity contribution in [2.75, 3.05) is 76.1 Å². The molecule has 6 heterocycles. The Bertz CT molecular complexity index is 4200. The van der Waals surface area contributed by atoms with Crippen LogP contribution in [0.15, 0.2) is 65.7 Å². The lowest BCUT2D eigenvalue weighted by Gasteiger charge is -2.62. The number of phenolic OH excluding ortho intramolecular Hbond substituents is 2. The fourth-order valence-corrected chi connectivity index (χ4v) is 17.7. The van der Waals surface area contributed by atoms with Crippen molar-refractivity contribution in [3.8, 4) is 23.0 Å². The van der Waals surface area contributed by atoms with Gasteiger partial charge in [0.15, 0.2) is 41.2 Å². The van der Waals surface area contributed by atoms with Gasteiger partial charge in [0.25, 0.3) is 0 Å². The highest BCUT2D eigenvalue weighted by molar-refractivity contribution is 6.04. The molecule has 6 aromatic rings. The van der Waals surface area contributed by atoms with Gasteiger partial charge in [-0.15, -0.1) is 0 Å². The van der Waals surface area contributed by atoms with Gasteiger partial charge in [-0.05, 0) is 135 Å². The molecular weight excluding hydrogens is 1190 g/mol. The molecule has 4 fully saturated rings. The summed E-state index contributed by atoms with van der Waals surface area (Å²) in [5.41, 5.74) is 13.0. The van der Waals surface area contributed by atoms with Gasteiger partial charge in [-0.1, -0.05) is 30.3 Å². The number of nitrogens with zero attached hydrogens (tertiary/aromatic N) is 3. The largest absolute Gasteiger partial charge is 0.504 e. The number of guanidine groups is 1. The minimum absolute atomic E-state index is 0.0487. The Morgan fingerprint density at radius 3 is 1.71 bits per heavy atom. The van der Waals surface area contributed by atoms with E-state index in [2.05, 4.69) is 62.0 Å². The number of rotatable bonds is 21. The topological polar surface area (TPSA) is 362 Å². The number of ether oxygens (including phenoxy) is 2. The van der Waals surface area contributed by atoms with Crippen LogP contribution < -0.4 is 52.4 Å². The molecule has 6 aliphatic carbocycles. The summed E-state index contributed by atoms with van der Waals surface area (Å²) in [6.07, 6.45) is 7.24. The summed E-state index contributed by atoms with van der Waals surface area (Å²) in [6.45, 7) is 2.53. The van der Waals surface area contributed by atoms with Crippen molar-refractivity contribution in [2.24, 2.45) is 22.6 Å². The Balaban J connectivity index is 0.445. The van der Waals surface area contributed by atoms with Crippen LogP contribution in [0.1, 0.15) is 115 Å². The zero-order valence-electron chi connectivity index (χ0n) is 51.5. The summed E-state index contributed by atoms with van der Waals surface area (Å²) in [6, 6.07) is 18.6. The lowest BCUT2D eigenvalue weighted by atomic mass is 9.49. The van der Waals surface area contributed by atoms with Crippen LogP contribution in [0.4, 0.5) is 11.4 Å². The van der Waals surface area contributed by atoms with Gasteiger partial charge in [0, 0.05) is 97.0 Å². The highest BCUT2D eigenvalue weighted by Crippen LogP contribution is 2.71. The maximum Gasteiger partial charge on any atom is 0.243 e. The second-order valence-electron chi connectivity index (χ2n) is 27.6. The predicted octanol–water partition coefficient (Wildman–Crippen LogP) is 2.58. The van der Waals surface area contributed by atoms with Crippen LogP contribution in [0.3, 0.4) is 0 Å². The van der Waals surface area contributed by atoms with Crippen molar-refractivity contribution in [3.05, 3.63) is 105 Å². The van der Waals surface area contributed by atoms with Crippen molar-refractivity contribution >= 4 is 74.6 Å². The van der Waals surface area contributed by atoms with Crippen molar-refractivity contribution in [1.29, 1.82) is 0 Å². The number of fused-ring (bicyclic) bond motifs is 8. The first-order valence-corrected chi connectivity index (χ1v) is 32.9. The predicted molar refractivity (Wildman–Crippen MR) is 341 cm³/mol. The number of hydrogen-bond acceptors (Lipinski definition) is 15. The van der Waals surface area contributed by atoms with E-state index >= 15 is 0 Å². The Morgan fingerprint density at radius 1 is 0.613 bits per heavy atom. The van der Waals surface area contributed by atoms with Crippen molar-refractivity contribution in [1.82, 2.24) is 46.4 Å². The number of nitrogens with one attached hydrogen (secondary N) is 9. The van der Waals surface area contributed by atoms with Crippen molar-refractivity contribution in [3.63, 3.8) is 0 Å². The van der Waals surface area contributed by atoms with E-state index in [9.17, 15) is 49.2 Å². The Labute approximate surface area is 534 Å². The third-order valence-corrected chi connectivity index (χ3v) is 22.2. The smallest absolute Gasteiger partial charge is 0.243 e. The number of phenols is 2. The van der Waals surface area contributed by atoms with Crippen molar-refractivity contribution < 1.29 is 58.7 Å². The number of carbonyl (C=O) groups excluding carboxylic acids is 6. The van der Waals surface area contributed by atoms with E-state index in [0.717, 1.165) is 93.7 Å². The number of aromatic amines is 2. The number of likely N-dealkylation sites (tertiary alicyclic amines) is 2. The number of aliphatic hydroxyl groups is 2. The van der Waals surface area contributed by atoms with Crippen LogP contribution in [-0.2, 0) is 65.3 Å². The Morgan fingerprint density at radius 2 is 1.14 bits per heavy atom. The summed E-state index contributed by atoms with van der Waals surface area (Å²) in [7, 11) is 0. The van der Waals surface area contributed by atoms with Crippen LogP contribution in [0, 0.1) is 11.8 Å². The first-order chi connectivity index (χ1) is 44.9. The number of para-hydroxylation sites is 1. The van der Waals surface area contributed by atoms with Crippen LogP contribution in [-0.4, -0.2) is 170 Å². The summed E-state index contributed by atoms with van der Waals surface area (Å²) in [4.78, 5) is 92.8. The van der Waals surface area contributed by atoms with E-state index in [0.29, 0.717) is 85.3 Å². The Hall–Kier alpha value is -8.91. The molecule has 25 nitrogen and oxygen atoms in total. The van der Waals surface area contributed by atoms with Crippen LogP contribution >= 0.6 is 0 Å². The molecule has 2 aromatic heterocycles. The van der Waals surface area contributed by atoms with Crippen LogP contribution in [0.2, 0.25) is 0 Å². The summed E-state index contributed by atoms with van der Waals surface area (Å²) in [5.74, 6) is -0.864. The first-order valence-electron chi connectivity index (χ1n) is 32.9. The van der Waals surface area contributed by atoms with Gasteiger partial charge < -0.3 is 82.8 Å². The Kier molecular flexibility index (Phi) is 14.1. The molecule has 6 amide bonds. The SMILES string of the molecule is NC(=NCCCNC(=O)CNC(=O)CNC(=O)CCC(=O)NCC(=O)NCC(=O)Nc1cccc2c3c([nH]c12)[C@@H]1Oc2c(O)ccc4c2[C@@]12CCN(CC1CC1)[C@H](C4)[C@]2(O)C3)Nc1ccc2c3c([nH]c2c1)[C@@H]1Oc2c(O)ccc4c2[C@@]12CCN(CC1CC1)[C@H](C4)[C@]2(O)C3. The number of carbonyl (C=O) groups is 6. The molecule has 15 N–H and O–H groups in total. The summed E-state index contributed by atoms with van der Waals surface area (Å²) >= 11 is 0. The molecule has 0 radical (unpaired) electrons. The second-order valence-corrected chi connectivity index (χ2v) is 27.6. The van der Waals surface area contributed by atoms with Gasteiger partial charge in [0.1, 0.15) is 0 Å². The normalized spacial score (nSPS) is 27.2. The lowest BCUT2D eigenvalue weighted by molar-refractivity contribution is -0.173. The highest BCUT2D eigenvalue weighted by atomic mass is 16.5. The van der Waals surface area contributed by atoms with E-state index in [4.69, 9.17) is 15.2 Å². The second kappa shape index (κ2) is 22.1. The third kappa shape index (κ3) is 9.56. The maximum absolute atomic E-state index is 13.3. The monoisotopic (exact) mass is 1270 g/mol. The number of benzene rings is 4. The number of nitrogens with two attached hydrogens (primary N) is 1. The zero-order chi connectivity index (χ0) is 63.9. The van der Waals surface area contributed by atoms with E-state index in [1.54, 1.807) is 18.2 Å². The zero-order valence-corrected chi connectivity index (χ0v) is 51.5. The van der Waals surface area contributed by atoms with E-state index in [1.807, 2.05) is 42.5 Å². The number of amides is 6. The lowest BCUT2D eigenvalue weighted by Crippen LogP contribution is -2.74. The minimum atomic E-state index is -1.18. The molecule has 2 saturated heterocycles. The van der Waals surface area contributed by atoms with E-state index in [-0.39, 0.29) is 55.5 Å². The maximum atomic E-state index is 13.3. The number of anilines is 2. The third-order valence-electron chi connectivity index (χ3n) is 22.2. The quantitative estimate of drug-likeness (QED) is 0.0280. The number of hydrogen-bond donors (Lipinski definition) is 14. The first kappa shape index (κ1) is 59.1. The number of aliphatic imine (C=N–C) groups is 1. The van der Waals surface area contributed by atoms with Gasteiger partial charge >= 0.3 is 0 Å². The number of aromatic nitrogens is 2. The van der Waals surface area contributed by atoms with Gasteiger partial charge in [-0.2, -0.15) is 0 Å². The highest BCUT2D eigenvalue weighted by Gasteiger charge is 2.74. The fraction of sp³-hybridized carbons (Fsp3) is 0.485. The molecule has 16 rings (SSSR count). The summed E-state index contributed by atoms with van der Waals surface area (Å²) in [5, 5.41) is 68.9. The number of H-pyrrole nitrogens is 2. The fourth-order valence-electron chi connectivity index (χ4n) is 17.7. The molecule has 2 spiro atoms.